The molecule has 0 spiro atoms. The summed E-state index contributed by atoms with van der Waals surface area (Å²) in [6.45, 7) is 5.72. The largest absolute Gasteiger partial charge is 0.500 e. The normalized spacial score (nSPS) is 11.0. The number of carbonyl (C=O) groups is 3. The minimum Gasteiger partial charge on any atom is -0.460 e. The van der Waals surface area contributed by atoms with Gasteiger partial charge in [0.2, 0.25) is 0 Å². The second-order valence-electron chi connectivity index (χ2n) is 6.73. The summed E-state index contributed by atoms with van der Waals surface area (Å²) in [7, 11) is 1.98. The zero-order chi connectivity index (χ0) is 26.9. The molecule has 0 radical (unpaired) electrons. The molecule has 0 fully saturated rings. The van der Waals surface area contributed by atoms with Crippen LogP contribution in [-0.4, -0.2) is 121 Å². The monoisotopic (exact) mass is 540 g/mol. The van der Waals surface area contributed by atoms with Crippen LogP contribution in [0.1, 0.15) is 6.42 Å². The molecule has 0 aliphatic rings. The second kappa shape index (κ2) is 23.1. The van der Waals surface area contributed by atoms with Gasteiger partial charge in [-0.05, 0) is 6.42 Å². The van der Waals surface area contributed by atoms with E-state index in [1.54, 1.807) is 0 Å². The molecule has 36 heavy (non-hydrogen) atoms. The van der Waals surface area contributed by atoms with Crippen molar-refractivity contribution >= 4 is 27.0 Å². The van der Waals surface area contributed by atoms with Crippen molar-refractivity contribution in [2.24, 2.45) is 0 Å². The van der Waals surface area contributed by atoms with E-state index in [2.05, 4.69) is 17.2 Å². The highest BCUT2D eigenvalue weighted by Gasteiger charge is 2.36. The maximum Gasteiger partial charge on any atom is 0.500 e. The molecule has 0 saturated heterocycles. The van der Waals surface area contributed by atoms with E-state index in [4.69, 9.17) is 41.7 Å². The molecule has 0 aromatic carbocycles. The summed E-state index contributed by atoms with van der Waals surface area (Å²) in [6.07, 6.45) is 0.563. The van der Waals surface area contributed by atoms with E-state index < -0.39 is 27.0 Å². The summed E-state index contributed by atoms with van der Waals surface area (Å²) in [5.74, 6) is -0.516. The first-order valence-corrected chi connectivity index (χ1v) is 13.3. The average Bonchev–Trinajstić information content (AvgIpc) is 2.89. The number of carbonyl (C=O) groups excluding carboxylic acids is 3. The van der Waals surface area contributed by atoms with Crippen LogP contribution in [0.5, 0.6) is 0 Å². The number of rotatable bonds is 23. The maximum atomic E-state index is 11.6. The summed E-state index contributed by atoms with van der Waals surface area (Å²) in [6, 6.07) is 0.572. The van der Waals surface area contributed by atoms with E-state index in [-0.39, 0.29) is 52.8 Å². The number of esters is 1. The Hall–Kier alpha value is -2.27. The third-order valence-corrected chi connectivity index (χ3v) is 7.14. The van der Waals surface area contributed by atoms with Gasteiger partial charge < -0.3 is 52.3 Å². The number of hydrogen-bond acceptors (Lipinski definition) is 12. The van der Waals surface area contributed by atoms with E-state index in [0.717, 1.165) is 6.08 Å². The molecular formula is C21H40N2O12Si. The summed E-state index contributed by atoms with van der Waals surface area (Å²) in [4.78, 5) is 33.9. The molecule has 2 amide bonds. The van der Waals surface area contributed by atoms with Gasteiger partial charge in [-0.2, -0.15) is 0 Å². The molecule has 0 rings (SSSR count). The van der Waals surface area contributed by atoms with Gasteiger partial charge in [0.15, 0.2) is 0 Å². The fourth-order valence-electron chi connectivity index (χ4n) is 2.45. The maximum absolute atomic E-state index is 11.6. The number of nitrogens with one attached hydrogen (secondary N) is 2. The van der Waals surface area contributed by atoms with E-state index in [1.165, 1.54) is 21.3 Å². The number of amides is 2. The predicted octanol–water partition coefficient (Wildman–Crippen LogP) is 0.486. The van der Waals surface area contributed by atoms with Crippen molar-refractivity contribution in [3.63, 3.8) is 0 Å². The van der Waals surface area contributed by atoms with Crippen molar-refractivity contribution in [3.8, 4) is 0 Å². The van der Waals surface area contributed by atoms with Crippen LogP contribution in [0, 0.1) is 0 Å². The van der Waals surface area contributed by atoms with Crippen LogP contribution in [0.25, 0.3) is 0 Å². The van der Waals surface area contributed by atoms with Crippen LogP contribution in [0.3, 0.4) is 0 Å². The van der Waals surface area contributed by atoms with Gasteiger partial charge in [-0.3, -0.25) is 0 Å². The molecule has 0 bridgehead atoms. The second-order valence-corrected chi connectivity index (χ2v) is 9.82. The predicted molar refractivity (Wildman–Crippen MR) is 129 cm³/mol. The highest BCUT2D eigenvalue weighted by atomic mass is 28.4. The summed E-state index contributed by atoms with van der Waals surface area (Å²) >= 11 is 0. The fourth-order valence-corrected chi connectivity index (χ4v) is 4.17. The lowest BCUT2D eigenvalue weighted by molar-refractivity contribution is -0.139. The molecule has 2 N–H and O–H groups in total. The minimum absolute atomic E-state index is 0.0796. The van der Waals surface area contributed by atoms with Gasteiger partial charge in [-0.15, -0.1) is 0 Å². The first-order chi connectivity index (χ1) is 17.4. The van der Waals surface area contributed by atoms with Crippen LogP contribution < -0.4 is 10.6 Å². The molecule has 0 aromatic heterocycles. The summed E-state index contributed by atoms with van der Waals surface area (Å²) in [5, 5.41) is 5.14. The molecule has 14 nitrogen and oxygen atoms in total. The van der Waals surface area contributed by atoms with Gasteiger partial charge in [0.25, 0.3) is 0 Å². The van der Waals surface area contributed by atoms with Crippen LogP contribution in [0.15, 0.2) is 12.7 Å². The van der Waals surface area contributed by atoms with Crippen molar-refractivity contribution in [1.29, 1.82) is 0 Å². The molecule has 0 unspecified atom stereocenters. The first-order valence-electron chi connectivity index (χ1n) is 11.4. The first kappa shape index (κ1) is 33.7. The molecule has 0 atom stereocenters. The topological polar surface area (TPSA) is 158 Å². The van der Waals surface area contributed by atoms with E-state index >= 15 is 0 Å². The lowest BCUT2D eigenvalue weighted by Gasteiger charge is -2.24. The molecule has 0 aromatic rings. The lowest BCUT2D eigenvalue weighted by Crippen LogP contribution is -2.43. The Balaban J connectivity index is 3.43. The molecule has 0 heterocycles. The Morgan fingerprint density at radius 3 is 1.61 bits per heavy atom. The third-order valence-electron chi connectivity index (χ3n) is 4.31. The quantitative estimate of drug-likeness (QED) is 0.0608. The van der Waals surface area contributed by atoms with Gasteiger partial charge in [-0.25, -0.2) is 14.4 Å². The highest BCUT2D eigenvalue weighted by Crippen LogP contribution is 2.14. The van der Waals surface area contributed by atoms with Gasteiger partial charge in [0, 0.05) is 46.5 Å². The standard InChI is InChI=1S/C21H40N2O12Si/c1-5-19(24)33-15-12-30-9-8-23-21(26)35-17-14-32-11-10-31-13-16-34-20(25)22-7-6-18-36(27-2,28-3)29-4/h5H,1,6-18H2,2-4H3,(H,22,25)(H,23,26). The fraction of sp³-hybridized carbons (Fsp3) is 0.762. The Labute approximate surface area is 213 Å². The highest BCUT2D eigenvalue weighted by molar-refractivity contribution is 6.60. The zero-order valence-electron chi connectivity index (χ0n) is 21.4. The summed E-state index contributed by atoms with van der Waals surface area (Å²) < 4.78 is 46.3. The Bertz CT molecular complexity index is 599. The van der Waals surface area contributed by atoms with Crippen molar-refractivity contribution in [1.82, 2.24) is 10.6 Å². The molecular weight excluding hydrogens is 500 g/mol. The van der Waals surface area contributed by atoms with Gasteiger partial charge >= 0.3 is 27.0 Å². The minimum atomic E-state index is -2.63. The van der Waals surface area contributed by atoms with Crippen LogP contribution in [0.2, 0.25) is 6.04 Å². The lowest BCUT2D eigenvalue weighted by atomic mass is 10.5. The zero-order valence-corrected chi connectivity index (χ0v) is 22.4. The molecule has 210 valence electrons. The van der Waals surface area contributed by atoms with Gasteiger partial charge in [-0.1, -0.05) is 6.58 Å². The van der Waals surface area contributed by atoms with Crippen LogP contribution in [-0.2, 0) is 46.5 Å². The third kappa shape index (κ3) is 19.0. The van der Waals surface area contributed by atoms with Gasteiger partial charge in [0.05, 0.1) is 39.6 Å². The van der Waals surface area contributed by atoms with Crippen molar-refractivity contribution in [3.05, 3.63) is 12.7 Å². The molecule has 0 aliphatic heterocycles. The van der Waals surface area contributed by atoms with E-state index in [9.17, 15) is 14.4 Å². The Morgan fingerprint density at radius 2 is 1.11 bits per heavy atom. The molecule has 0 saturated carbocycles. The van der Waals surface area contributed by atoms with Crippen LogP contribution in [0.4, 0.5) is 9.59 Å². The Kier molecular flexibility index (Phi) is 21.7. The summed E-state index contributed by atoms with van der Waals surface area (Å²) in [5.41, 5.74) is 0. The van der Waals surface area contributed by atoms with E-state index in [1.807, 2.05) is 0 Å². The smallest absolute Gasteiger partial charge is 0.460 e. The van der Waals surface area contributed by atoms with Crippen molar-refractivity contribution in [2.45, 2.75) is 12.5 Å². The van der Waals surface area contributed by atoms with Gasteiger partial charge in [0.1, 0.15) is 19.8 Å². The van der Waals surface area contributed by atoms with E-state index in [0.29, 0.717) is 32.2 Å². The SMILES string of the molecule is C=CC(=O)OCCOCCNC(=O)OCCOCCOCCOC(=O)NCCC[Si](OC)(OC)OC. The van der Waals surface area contributed by atoms with Crippen molar-refractivity contribution < 1.29 is 56.1 Å². The number of hydrogen-bond donors (Lipinski definition) is 2. The van der Waals surface area contributed by atoms with Crippen LogP contribution >= 0.6 is 0 Å². The number of ether oxygens (including phenoxy) is 6. The van der Waals surface area contributed by atoms with Crippen molar-refractivity contribution in [2.75, 3.05) is 93.9 Å². The average molecular weight is 541 g/mol. The number of alkyl carbamates (subject to hydrolysis) is 2. The molecule has 0 aliphatic carbocycles. The molecule has 15 heteroatoms. The Morgan fingerprint density at radius 1 is 0.667 bits per heavy atom.